The van der Waals surface area contributed by atoms with Crippen LogP contribution in [0.15, 0.2) is 40.9 Å². The molecule has 2 atom stereocenters. The van der Waals surface area contributed by atoms with Gasteiger partial charge in [0.15, 0.2) is 5.82 Å². The summed E-state index contributed by atoms with van der Waals surface area (Å²) in [5.74, 6) is 1.32. The number of hydrogen-bond acceptors (Lipinski definition) is 4. The molecule has 5 heteroatoms. The van der Waals surface area contributed by atoms with Crippen molar-refractivity contribution in [3.05, 3.63) is 47.7 Å². The Labute approximate surface area is 124 Å². The van der Waals surface area contributed by atoms with Gasteiger partial charge >= 0.3 is 0 Å². The molecule has 0 fully saturated rings. The normalized spacial score (nSPS) is 13.7. The number of carbonyl (C=O) groups is 1. The Bertz CT molecular complexity index is 580. The molecule has 0 aliphatic heterocycles. The van der Waals surface area contributed by atoms with E-state index in [4.69, 9.17) is 4.52 Å². The summed E-state index contributed by atoms with van der Waals surface area (Å²) in [5, 5.41) is 9.66. The number of hydrogen-bond donors (Lipinski definition) is 2. The fourth-order valence-corrected chi connectivity index (χ4v) is 2.09. The molecule has 2 N–H and O–H groups in total. The largest absolute Gasteiger partial charge is 0.360 e. The third-order valence-corrected chi connectivity index (χ3v) is 3.56. The highest BCUT2D eigenvalue weighted by molar-refractivity contribution is 5.91. The van der Waals surface area contributed by atoms with E-state index < -0.39 is 0 Å². The molecule has 0 saturated heterocycles. The van der Waals surface area contributed by atoms with Crippen LogP contribution in [0.1, 0.15) is 31.1 Å². The molecule has 1 aromatic heterocycles. The van der Waals surface area contributed by atoms with Crippen molar-refractivity contribution in [1.29, 1.82) is 0 Å². The highest BCUT2D eigenvalue weighted by Gasteiger charge is 2.15. The smallest absolute Gasteiger partial charge is 0.239 e. The van der Waals surface area contributed by atoms with Crippen LogP contribution in [-0.2, 0) is 4.79 Å². The van der Waals surface area contributed by atoms with E-state index in [1.165, 1.54) is 5.56 Å². The third kappa shape index (κ3) is 4.43. The second-order valence-electron chi connectivity index (χ2n) is 5.24. The van der Waals surface area contributed by atoms with E-state index in [2.05, 4.69) is 41.8 Å². The predicted molar refractivity (Wildman–Crippen MR) is 82.2 cm³/mol. The van der Waals surface area contributed by atoms with Crippen molar-refractivity contribution < 1.29 is 9.32 Å². The maximum atomic E-state index is 11.8. The summed E-state index contributed by atoms with van der Waals surface area (Å²) in [4.78, 5) is 11.8. The maximum Gasteiger partial charge on any atom is 0.239 e. The van der Waals surface area contributed by atoms with Gasteiger partial charge in [0.25, 0.3) is 0 Å². The Balaban J connectivity index is 1.80. The van der Waals surface area contributed by atoms with Crippen LogP contribution in [-0.4, -0.2) is 23.7 Å². The molecule has 2 rings (SSSR count). The lowest BCUT2D eigenvalue weighted by Crippen LogP contribution is -2.37. The lowest BCUT2D eigenvalue weighted by atomic mass is 9.94. The first-order chi connectivity index (χ1) is 10.1. The number of nitrogens with zero attached hydrogens (tertiary/aromatic N) is 1. The van der Waals surface area contributed by atoms with Gasteiger partial charge in [0.1, 0.15) is 5.76 Å². The number of nitrogens with one attached hydrogen (secondary N) is 2. The van der Waals surface area contributed by atoms with Crippen LogP contribution in [0, 0.1) is 6.92 Å². The van der Waals surface area contributed by atoms with Crippen LogP contribution in [0.25, 0.3) is 0 Å². The fraction of sp³-hybridized carbons (Fsp3) is 0.375. The van der Waals surface area contributed by atoms with Gasteiger partial charge in [-0.2, -0.15) is 0 Å². The Morgan fingerprint density at radius 1 is 1.29 bits per heavy atom. The molecule has 0 bridgehead atoms. The van der Waals surface area contributed by atoms with Crippen LogP contribution in [0.2, 0.25) is 0 Å². The highest BCUT2D eigenvalue weighted by Crippen LogP contribution is 2.18. The Hall–Kier alpha value is -2.14. The number of rotatable bonds is 6. The zero-order valence-electron chi connectivity index (χ0n) is 12.6. The molecule has 1 aromatic carbocycles. The minimum atomic E-state index is -0.129. The number of amides is 1. The summed E-state index contributed by atoms with van der Waals surface area (Å²) in [6.45, 7) is 6.24. The van der Waals surface area contributed by atoms with Crippen LogP contribution in [0.5, 0.6) is 0 Å². The highest BCUT2D eigenvalue weighted by atomic mass is 16.5. The van der Waals surface area contributed by atoms with Gasteiger partial charge < -0.3 is 15.2 Å². The van der Waals surface area contributed by atoms with Crippen LogP contribution in [0.4, 0.5) is 5.82 Å². The average molecular weight is 287 g/mol. The fourth-order valence-electron chi connectivity index (χ4n) is 2.09. The van der Waals surface area contributed by atoms with E-state index in [0.29, 0.717) is 17.5 Å². The second kappa shape index (κ2) is 7.04. The molecule has 0 saturated carbocycles. The molecule has 5 nitrogen and oxygen atoms in total. The van der Waals surface area contributed by atoms with Gasteiger partial charge in [-0.25, -0.2) is 0 Å². The molecule has 1 heterocycles. The minimum Gasteiger partial charge on any atom is -0.360 e. The summed E-state index contributed by atoms with van der Waals surface area (Å²) in [6, 6.07) is 12.1. The Morgan fingerprint density at radius 2 is 2.00 bits per heavy atom. The van der Waals surface area contributed by atoms with E-state index in [-0.39, 0.29) is 18.5 Å². The van der Waals surface area contributed by atoms with Crippen molar-refractivity contribution in [2.24, 2.45) is 0 Å². The van der Waals surface area contributed by atoms with Crippen molar-refractivity contribution in [2.45, 2.75) is 32.7 Å². The number of benzene rings is 1. The molecule has 0 aliphatic rings. The topological polar surface area (TPSA) is 67.2 Å². The van der Waals surface area contributed by atoms with Crippen molar-refractivity contribution in [3.63, 3.8) is 0 Å². The van der Waals surface area contributed by atoms with Gasteiger partial charge in [0.05, 0.1) is 6.54 Å². The number of aromatic nitrogens is 1. The first-order valence-electron chi connectivity index (χ1n) is 7.07. The second-order valence-corrected chi connectivity index (χ2v) is 5.24. The monoisotopic (exact) mass is 287 g/mol. The molecule has 2 aromatic rings. The summed E-state index contributed by atoms with van der Waals surface area (Å²) in [5.41, 5.74) is 1.25. The number of anilines is 1. The molecule has 0 aliphatic carbocycles. The van der Waals surface area contributed by atoms with Crippen LogP contribution < -0.4 is 10.6 Å². The minimum absolute atomic E-state index is 0.129. The number of carbonyl (C=O) groups excluding carboxylic acids is 1. The third-order valence-electron chi connectivity index (χ3n) is 3.56. The summed E-state index contributed by atoms with van der Waals surface area (Å²) in [6.07, 6.45) is 0. The SMILES string of the molecule is Cc1cc(NC(=O)CN[C@H](C)[C@H](C)c2ccccc2)no1. The van der Waals surface area contributed by atoms with Gasteiger partial charge in [0.2, 0.25) is 5.91 Å². The molecule has 0 radical (unpaired) electrons. The van der Waals surface area contributed by atoms with E-state index in [1.54, 1.807) is 13.0 Å². The van der Waals surface area contributed by atoms with E-state index in [0.717, 1.165) is 0 Å². The molecule has 21 heavy (non-hydrogen) atoms. The van der Waals surface area contributed by atoms with Gasteiger partial charge in [-0.05, 0) is 25.3 Å². The van der Waals surface area contributed by atoms with Gasteiger partial charge in [0, 0.05) is 12.1 Å². The van der Waals surface area contributed by atoms with Gasteiger partial charge in [-0.1, -0.05) is 42.4 Å². The summed E-state index contributed by atoms with van der Waals surface area (Å²) < 4.78 is 4.90. The van der Waals surface area contributed by atoms with Crippen molar-refractivity contribution >= 4 is 11.7 Å². The van der Waals surface area contributed by atoms with E-state index in [9.17, 15) is 4.79 Å². The van der Waals surface area contributed by atoms with E-state index in [1.807, 2.05) is 18.2 Å². The molecule has 1 amide bonds. The van der Waals surface area contributed by atoms with Gasteiger partial charge in [-0.15, -0.1) is 0 Å². The van der Waals surface area contributed by atoms with Crippen molar-refractivity contribution in [3.8, 4) is 0 Å². The Morgan fingerprint density at radius 3 is 2.62 bits per heavy atom. The Kier molecular flexibility index (Phi) is 5.11. The molecule has 112 valence electrons. The van der Waals surface area contributed by atoms with Gasteiger partial charge in [-0.3, -0.25) is 4.79 Å². The quantitative estimate of drug-likeness (QED) is 0.857. The van der Waals surface area contributed by atoms with Crippen LogP contribution >= 0.6 is 0 Å². The molecular weight excluding hydrogens is 266 g/mol. The molecule has 0 unspecified atom stereocenters. The predicted octanol–water partition coefficient (Wildman–Crippen LogP) is 2.70. The standard InChI is InChI=1S/C16H21N3O2/c1-11-9-15(19-21-11)18-16(20)10-17-13(3)12(2)14-7-5-4-6-8-14/h4-9,12-13,17H,10H2,1-3H3,(H,18,19,20)/t12-,13+/m0/s1. The van der Waals surface area contributed by atoms with Crippen molar-refractivity contribution in [2.75, 3.05) is 11.9 Å². The van der Waals surface area contributed by atoms with E-state index >= 15 is 0 Å². The van der Waals surface area contributed by atoms with Crippen LogP contribution in [0.3, 0.4) is 0 Å². The average Bonchev–Trinajstić information content (AvgIpc) is 2.90. The zero-order chi connectivity index (χ0) is 15.2. The lowest BCUT2D eigenvalue weighted by Gasteiger charge is -2.21. The zero-order valence-corrected chi connectivity index (χ0v) is 12.6. The maximum absolute atomic E-state index is 11.8. The van der Waals surface area contributed by atoms with Crippen molar-refractivity contribution in [1.82, 2.24) is 10.5 Å². The molecular formula is C16H21N3O2. The summed E-state index contributed by atoms with van der Waals surface area (Å²) >= 11 is 0. The first-order valence-corrected chi connectivity index (χ1v) is 7.07. The first kappa shape index (κ1) is 15.3. The number of aryl methyl sites for hydroxylation is 1. The summed E-state index contributed by atoms with van der Waals surface area (Å²) in [7, 11) is 0. The lowest BCUT2D eigenvalue weighted by molar-refractivity contribution is -0.115. The molecule has 0 spiro atoms.